The molecule has 82 valence electrons. The van der Waals surface area contributed by atoms with Crippen LogP contribution in [0.3, 0.4) is 0 Å². The average molecular weight is 198 g/mol. The molecule has 0 bridgehead atoms. The lowest BCUT2D eigenvalue weighted by molar-refractivity contribution is -0.130. The van der Waals surface area contributed by atoms with E-state index in [0.29, 0.717) is 11.9 Å². The Morgan fingerprint density at radius 3 is 2.93 bits per heavy atom. The number of nitrogens with zero attached hydrogens (tertiary/aromatic N) is 1. The molecule has 0 aromatic heterocycles. The van der Waals surface area contributed by atoms with E-state index in [9.17, 15) is 4.79 Å². The minimum absolute atomic E-state index is 0.353. The van der Waals surface area contributed by atoms with Gasteiger partial charge in [-0.1, -0.05) is 6.42 Å². The molecule has 1 atom stereocenters. The Morgan fingerprint density at radius 2 is 2.21 bits per heavy atom. The molecule has 0 spiro atoms. The smallest absolute Gasteiger partial charge is 0.222 e. The van der Waals surface area contributed by atoms with Crippen molar-refractivity contribution in [2.24, 2.45) is 0 Å². The molecule has 1 N–H and O–H groups in total. The summed E-state index contributed by atoms with van der Waals surface area (Å²) in [5.74, 6) is 0.353. The third-order valence-corrected chi connectivity index (χ3v) is 3.00. The SMILES string of the molecule is CNC(C)CCN1CCCCCC1=O. The molecule has 1 aliphatic heterocycles. The van der Waals surface area contributed by atoms with E-state index in [1.54, 1.807) is 0 Å². The first kappa shape index (κ1) is 11.5. The molecule has 1 unspecified atom stereocenters. The number of carbonyl (C=O) groups excluding carboxylic acids is 1. The minimum Gasteiger partial charge on any atom is -0.343 e. The number of nitrogens with one attached hydrogen (secondary N) is 1. The molecule has 0 aromatic carbocycles. The van der Waals surface area contributed by atoms with Crippen LogP contribution in [0.15, 0.2) is 0 Å². The van der Waals surface area contributed by atoms with E-state index in [0.717, 1.165) is 32.4 Å². The fourth-order valence-corrected chi connectivity index (χ4v) is 1.77. The third-order valence-electron chi connectivity index (χ3n) is 3.00. The van der Waals surface area contributed by atoms with Crippen LogP contribution in [0.4, 0.5) is 0 Å². The van der Waals surface area contributed by atoms with Crippen LogP contribution in [0.25, 0.3) is 0 Å². The highest BCUT2D eigenvalue weighted by Crippen LogP contribution is 2.11. The van der Waals surface area contributed by atoms with Gasteiger partial charge in [0, 0.05) is 25.6 Å². The number of carbonyl (C=O) groups is 1. The lowest BCUT2D eigenvalue weighted by atomic mass is 10.2. The van der Waals surface area contributed by atoms with Crippen molar-refractivity contribution in [1.82, 2.24) is 10.2 Å². The molecule has 1 aliphatic rings. The van der Waals surface area contributed by atoms with Crippen LogP contribution >= 0.6 is 0 Å². The van der Waals surface area contributed by atoms with Gasteiger partial charge in [-0.05, 0) is 33.2 Å². The predicted octanol–water partition coefficient (Wildman–Crippen LogP) is 1.39. The quantitative estimate of drug-likeness (QED) is 0.740. The molecule has 1 rings (SSSR count). The fourth-order valence-electron chi connectivity index (χ4n) is 1.77. The monoisotopic (exact) mass is 198 g/mol. The van der Waals surface area contributed by atoms with Crippen molar-refractivity contribution in [1.29, 1.82) is 0 Å². The highest BCUT2D eigenvalue weighted by Gasteiger charge is 2.16. The van der Waals surface area contributed by atoms with E-state index in [-0.39, 0.29) is 0 Å². The fraction of sp³-hybridized carbons (Fsp3) is 0.909. The number of amides is 1. The minimum atomic E-state index is 0.353. The van der Waals surface area contributed by atoms with Gasteiger partial charge < -0.3 is 10.2 Å². The Kier molecular flexibility index (Phi) is 4.94. The van der Waals surface area contributed by atoms with Crippen LogP contribution < -0.4 is 5.32 Å². The molecular weight excluding hydrogens is 176 g/mol. The Morgan fingerprint density at radius 1 is 1.43 bits per heavy atom. The first-order chi connectivity index (χ1) is 6.74. The summed E-state index contributed by atoms with van der Waals surface area (Å²) in [6, 6.07) is 0.506. The summed E-state index contributed by atoms with van der Waals surface area (Å²) in [7, 11) is 1.97. The summed E-state index contributed by atoms with van der Waals surface area (Å²) in [6.07, 6.45) is 5.29. The number of hydrogen-bond acceptors (Lipinski definition) is 2. The maximum Gasteiger partial charge on any atom is 0.222 e. The normalized spacial score (nSPS) is 20.7. The van der Waals surface area contributed by atoms with Gasteiger partial charge in [0.15, 0.2) is 0 Å². The lowest BCUT2D eigenvalue weighted by Crippen LogP contribution is -2.34. The van der Waals surface area contributed by atoms with E-state index in [2.05, 4.69) is 12.2 Å². The van der Waals surface area contributed by atoms with Crippen LogP contribution in [0, 0.1) is 0 Å². The summed E-state index contributed by atoms with van der Waals surface area (Å²) in [5, 5.41) is 3.20. The summed E-state index contributed by atoms with van der Waals surface area (Å²) >= 11 is 0. The molecule has 1 fully saturated rings. The summed E-state index contributed by atoms with van der Waals surface area (Å²) in [4.78, 5) is 13.6. The Balaban J connectivity index is 2.29. The lowest BCUT2D eigenvalue weighted by Gasteiger charge is -2.22. The van der Waals surface area contributed by atoms with E-state index >= 15 is 0 Å². The van der Waals surface area contributed by atoms with Crippen molar-refractivity contribution in [2.45, 2.75) is 45.1 Å². The highest BCUT2D eigenvalue weighted by molar-refractivity contribution is 5.76. The molecule has 14 heavy (non-hydrogen) atoms. The molecule has 1 amide bonds. The maximum atomic E-state index is 11.6. The zero-order chi connectivity index (χ0) is 10.4. The highest BCUT2D eigenvalue weighted by atomic mass is 16.2. The standard InChI is InChI=1S/C11H22N2O/c1-10(12-2)7-9-13-8-5-3-4-6-11(13)14/h10,12H,3-9H2,1-2H3. The van der Waals surface area contributed by atoms with Crippen LogP contribution in [0.2, 0.25) is 0 Å². The van der Waals surface area contributed by atoms with Crippen LogP contribution in [-0.2, 0) is 4.79 Å². The third kappa shape index (κ3) is 3.66. The van der Waals surface area contributed by atoms with Gasteiger partial charge >= 0.3 is 0 Å². The number of hydrogen-bond donors (Lipinski definition) is 1. The van der Waals surface area contributed by atoms with Gasteiger partial charge in [-0.3, -0.25) is 4.79 Å². The van der Waals surface area contributed by atoms with Gasteiger partial charge in [0.05, 0.1) is 0 Å². The molecule has 1 heterocycles. The van der Waals surface area contributed by atoms with Gasteiger partial charge in [0.1, 0.15) is 0 Å². The van der Waals surface area contributed by atoms with Gasteiger partial charge in [-0.25, -0.2) is 0 Å². The summed E-state index contributed by atoms with van der Waals surface area (Å²) < 4.78 is 0. The van der Waals surface area contributed by atoms with E-state index in [1.807, 2.05) is 11.9 Å². The van der Waals surface area contributed by atoms with Gasteiger partial charge in [-0.15, -0.1) is 0 Å². The van der Waals surface area contributed by atoms with Gasteiger partial charge in [0.2, 0.25) is 5.91 Å². The average Bonchev–Trinajstić information content (AvgIpc) is 2.39. The maximum absolute atomic E-state index is 11.6. The van der Waals surface area contributed by atoms with Crippen molar-refractivity contribution < 1.29 is 4.79 Å². The van der Waals surface area contributed by atoms with Crippen LogP contribution in [0.5, 0.6) is 0 Å². The van der Waals surface area contributed by atoms with Crippen molar-refractivity contribution >= 4 is 5.91 Å². The molecule has 0 radical (unpaired) electrons. The van der Waals surface area contributed by atoms with Crippen molar-refractivity contribution in [3.63, 3.8) is 0 Å². The second-order valence-corrected chi connectivity index (χ2v) is 4.17. The Labute approximate surface area is 86.9 Å². The molecule has 3 heteroatoms. The Hall–Kier alpha value is -0.570. The molecule has 0 saturated carbocycles. The van der Waals surface area contributed by atoms with Gasteiger partial charge in [0.25, 0.3) is 0 Å². The molecule has 0 aromatic rings. The molecule has 1 saturated heterocycles. The van der Waals surface area contributed by atoms with Crippen molar-refractivity contribution in [2.75, 3.05) is 20.1 Å². The second kappa shape index (κ2) is 6.02. The number of likely N-dealkylation sites (tertiary alicyclic amines) is 1. The first-order valence-electron chi connectivity index (χ1n) is 5.69. The number of rotatable bonds is 4. The van der Waals surface area contributed by atoms with Crippen molar-refractivity contribution in [3.8, 4) is 0 Å². The molecular formula is C11H22N2O. The van der Waals surface area contributed by atoms with E-state index < -0.39 is 0 Å². The largest absolute Gasteiger partial charge is 0.343 e. The predicted molar refractivity (Wildman–Crippen MR) is 58.2 cm³/mol. The first-order valence-corrected chi connectivity index (χ1v) is 5.69. The van der Waals surface area contributed by atoms with Crippen molar-refractivity contribution in [3.05, 3.63) is 0 Å². The zero-order valence-electron chi connectivity index (χ0n) is 9.38. The topological polar surface area (TPSA) is 32.3 Å². The van der Waals surface area contributed by atoms with Crippen LogP contribution in [-0.4, -0.2) is 37.0 Å². The summed E-state index contributed by atoms with van der Waals surface area (Å²) in [6.45, 7) is 4.04. The zero-order valence-corrected chi connectivity index (χ0v) is 9.38. The van der Waals surface area contributed by atoms with Gasteiger partial charge in [-0.2, -0.15) is 0 Å². The molecule has 3 nitrogen and oxygen atoms in total. The van der Waals surface area contributed by atoms with E-state index in [4.69, 9.17) is 0 Å². The molecule has 0 aliphatic carbocycles. The second-order valence-electron chi connectivity index (χ2n) is 4.17. The summed E-state index contributed by atoms with van der Waals surface area (Å²) in [5.41, 5.74) is 0. The van der Waals surface area contributed by atoms with E-state index in [1.165, 1.54) is 12.8 Å². The van der Waals surface area contributed by atoms with Crippen LogP contribution in [0.1, 0.15) is 39.0 Å². The Bertz CT molecular complexity index is 182.